The van der Waals surface area contributed by atoms with E-state index in [0.29, 0.717) is 24.6 Å². The molecule has 3 nitrogen and oxygen atoms in total. The topological polar surface area (TPSA) is 54.4 Å². The van der Waals surface area contributed by atoms with Crippen molar-refractivity contribution in [2.45, 2.75) is 32.6 Å². The van der Waals surface area contributed by atoms with Crippen molar-refractivity contribution in [2.75, 3.05) is 5.33 Å². The number of aliphatic carboxylic acids is 1. The molecule has 1 N–H and O–H groups in total. The Labute approximate surface area is 92.3 Å². The molecule has 4 heteroatoms. The maximum Gasteiger partial charge on any atom is 0.303 e. The molecule has 80 valence electrons. The molecule has 0 amide bonds. The van der Waals surface area contributed by atoms with E-state index in [9.17, 15) is 9.59 Å². The number of carboxylic acids is 1. The Kier molecular flexibility index (Phi) is 7.38. The maximum atomic E-state index is 10.9. The van der Waals surface area contributed by atoms with Crippen LogP contribution in [0.4, 0.5) is 0 Å². The highest BCUT2D eigenvalue weighted by Crippen LogP contribution is 2.06. The zero-order valence-corrected chi connectivity index (χ0v) is 9.84. The lowest BCUT2D eigenvalue weighted by Crippen LogP contribution is -1.97. The van der Waals surface area contributed by atoms with Crippen molar-refractivity contribution < 1.29 is 14.7 Å². The average molecular weight is 263 g/mol. The lowest BCUT2D eigenvalue weighted by Gasteiger charge is -1.98. The number of rotatable bonds is 7. The van der Waals surface area contributed by atoms with Crippen molar-refractivity contribution in [3.05, 3.63) is 11.6 Å². The van der Waals surface area contributed by atoms with Crippen LogP contribution in [-0.4, -0.2) is 22.2 Å². The Morgan fingerprint density at radius 3 is 2.43 bits per heavy atom. The number of carbonyl (C=O) groups excluding carboxylic acids is 1. The number of carboxylic acid groups (broad SMARTS) is 1. The van der Waals surface area contributed by atoms with Crippen molar-refractivity contribution in [3.63, 3.8) is 0 Å². The number of hydrogen-bond donors (Lipinski definition) is 1. The van der Waals surface area contributed by atoms with E-state index in [-0.39, 0.29) is 12.2 Å². The molecule has 0 unspecified atom stereocenters. The van der Waals surface area contributed by atoms with Crippen LogP contribution in [0.1, 0.15) is 32.6 Å². The van der Waals surface area contributed by atoms with E-state index in [1.807, 2.05) is 13.0 Å². The molecule has 0 aromatic heterocycles. The summed E-state index contributed by atoms with van der Waals surface area (Å²) in [7, 11) is 0. The number of carbonyl (C=O) groups is 2. The highest BCUT2D eigenvalue weighted by Gasteiger charge is 1.99. The highest BCUT2D eigenvalue weighted by molar-refractivity contribution is 9.09. The highest BCUT2D eigenvalue weighted by atomic mass is 79.9. The Morgan fingerprint density at radius 2 is 1.93 bits per heavy atom. The molecule has 14 heavy (non-hydrogen) atoms. The van der Waals surface area contributed by atoms with Crippen LogP contribution in [0.3, 0.4) is 0 Å². The average Bonchev–Trinajstić information content (AvgIpc) is 2.14. The second-order valence-electron chi connectivity index (χ2n) is 3.16. The van der Waals surface area contributed by atoms with E-state index in [1.54, 1.807) is 0 Å². The summed E-state index contributed by atoms with van der Waals surface area (Å²) < 4.78 is 0. The van der Waals surface area contributed by atoms with Gasteiger partial charge in [0.15, 0.2) is 0 Å². The molecule has 0 aromatic rings. The fraction of sp³-hybridized carbons (Fsp3) is 0.600. The molecule has 0 rings (SSSR count). The number of alkyl halides is 1. The number of halogens is 1. The van der Waals surface area contributed by atoms with Gasteiger partial charge in [0.1, 0.15) is 5.78 Å². The number of ketones is 1. The van der Waals surface area contributed by atoms with Gasteiger partial charge >= 0.3 is 5.97 Å². The quantitative estimate of drug-likeness (QED) is 0.567. The molecule has 0 atom stereocenters. The zero-order valence-electron chi connectivity index (χ0n) is 8.25. The van der Waals surface area contributed by atoms with Gasteiger partial charge < -0.3 is 5.11 Å². The van der Waals surface area contributed by atoms with Gasteiger partial charge in [-0.25, -0.2) is 0 Å². The standard InChI is InChI=1S/C10H15BrO3/c1-8(5-6-10(13)14)3-2-4-9(12)7-11/h3H,2,4-7H2,1H3,(H,13,14)/b8-3+. The molecule has 0 fully saturated rings. The smallest absolute Gasteiger partial charge is 0.303 e. The molecule has 0 aromatic carbocycles. The second-order valence-corrected chi connectivity index (χ2v) is 3.72. The first-order valence-corrected chi connectivity index (χ1v) is 5.63. The zero-order chi connectivity index (χ0) is 11.0. The van der Waals surface area contributed by atoms with E-state index in [2.05, 4.69) is 15.9 Å². The van der Waals surface area contributed by atoms with Crippen LogP contribution in [0.2, 0.25) is 0 Å². The minimum Gasteiger partial charge on any atom is -0.481 e. The van der Waals surface area contributed by atoms with Gasteiger partial charge in [0.25, 0.3) is 0 Å². The number of hydrogen-bond acceptors (Lipinski definition) is 2. The van der Waals surface area contributed by atoms with E-state index in [0.717, 1.165) is 5.57 Å². The molecule has 0 aliphatic carbocycles. The number of allylic oxidation sites excluding steroid dienone is 2. The molecule has 0 aliphatic heterocycles. The van der Waals surface area contributed by atoms with E-state index >= 15 is 0 Å². The predicted octanol–water partition coefficient (Wildman–Crippen LogP) is 2.54. The van der Waals surface area contributed by atoms with Crippen LogP contribution < -0.4 is 0 Å². The van der Waals surface area contributed by atoms with Crippen molar-refractivity contribution >= 4 is 27.7 Å². The second kappa shape index (κ2) is 7.74. The summed E-state index contributed by atoms with van der Waals surface area (Å²) in [5.74, 6) is -0.610. The maximum absolute atomic E-state index is 10.9. The Hall–Kier alpha value is -0.640. The van der Waals surface area contributed by atoms with Gasteiger partial charge in [-0.15, -0.1) is 0 Å². The Bertz CT molecular complexity index is 234. The SMILES string of the molecule is C/C(=C\CCC(=O)CBr)CCC(=O)O. The third-order valence-electron chi connectivity index (χ3n) is 1.80. The molecule has 0 aliphatic rings. The van der Waals surface area contributed by atoms with Crippen LogP contribution in [0.25, 0.3) is 0 Å². The van der Waals surface area contributed by atoms with Gasteiger partial charge in [0, 0.05) is 12.8 Å². The summed E-state index contributed by atoms with van der Waals surface area (Å²) in [6, 6.07) is 0. The summed E-state index contributed by atoms with van der Waals surface area (Å²) in [4.78, 5) is 21.1. The largest absolute Gasteiger partial charge is 0.481 e. The summed E-state index contributed by atoms with van der Waals surface area (Å²) >= 11 is 3.08. The first kappa shape index (κ1) is 13.4. The van der Waals surface area contributed by atoms with E-state index in [1.165, 1.54) is 0 Å². The molecule has 0 bridgehead atoms. The normalized spacial score (nSPS) is 11.4. The van der Waals surface area contributed by atoms with Crippen molar-refractivity contribution in [1.29, 1.82) is 0 Å². The van der Waals surface area contributed by atoms with Gasteiger partial charge in [-0.2, -0.15) is 0 Å². The van der Waals surface area contributed by atoms with Gasteiger partial charge in [-0.1, -0.05) is 27.6 Å². The molecule has 0 saturated carbocycles. The third-order valence-corrected chi connectivity index (χ3v) is 2.42. The minimum absolute atomic E-state index is 0.161. The fourth-order valence-corrected chi connectivity index (χ4v) is 1.23. The Balaban J connectivity index is 3.66. The number of Topliss-reactive ketones (excluding diaryl/α,β-unsaturated/α-hetero) is 1. The van der Waals surface area contributed by atoms with Crippen LogP contribution in [0.15, 0.2) is 11.6 Å². The molecule has 0 saturated heterocycles. The lowest BCUT2D eigenvalue weighted by atomic mass is 10.1. The van der Waals surface area contributed by atoms with Crippen LogP contribution in [-0.2, 0) is 9.59 Å². The first-order chi connectivity index (χ1) is 6.56. The van der Waals surface area contributed by atoms with Gasteiger partial charge in [0.05, 0.1) is 5.33 Å². The van der Waals surface area contributed by atoms with Gasteiger partial charge in [-0.05, 0) is 19.8 Å². The van der Waals surface area contributed by atoms with Crippen molar-refractivity contribution in [3.8, 4) is 0 Å². The summed E-state index contributed by atoms with van der Waals surface area (Å²) in [6.07, 6.45) is 3.89. The van der Waals surface area contributed by atoms with Gasteiger partial charge in [0.2, 0.25) is 0 Å². The van der Waals surface area contributed by atoms with Gasteiger partial charge in [-0.3, -0.25) is 9.59 Å². The minimum atomic E-state index is -0.783. The van der Waals surface area contributed by atoms with Crippen LogP contribution in [0.5, 0.6) is 0 Å². The molecule has 0 heterocycles. The van der Waals surface area contributed by atoms with Crippen LogP contribution in [0, 0.1) is 0 Å². The monoisotopic (exact) mass is 262 g/mol. The molecule has 0 spiro atoms. The first-order valence-electron chi connectivity index (χ1n) is 4.51. The molecular weight excluding hydrogens is 248 g/mol. The van der Waals surface area contributed by atoms with E-state index < -0.39 is 5.97 Å². The third kappa shape index (κ3) is 7.98. The molecule has 0 radical (unpaired) electrons. The summed E-state index contributed by atoms with van der Waals surface area (Å²) in [5.41, 5.74) is 1.04. The molecular formula is C10H15BrO3. The van der Waals surface area contributed by atoms with Crippen LogP contribution >= 0.6 is 15.9 Å². The fourth-order valence-electron chi connectivity index (χ4n) is 0.953. The summed E-state index contributed by atoms with van der Waals surface area (Å²) in [5, 5.41) is 8.82. The Morgan fingerprint density at radius 1 is 1.29 bits per heavy atom. The predicted molar refractivity (Wildman–Crippen MR) is 58.7 cm³/mol. The van der Waals surface area contributed by atoms with Crippen molar-refractivity contribution in [1.82, 2.24) is 0 Å². The van der Waals surface area contributed by atoms with Crippen molar-refractivity contribution in [2.24, 2.45) is 0 Å². The van der Waals surface area contributed by atoms with E-state index in [4.69, 9.17) is 5.11 Å². The lowest BCUT2D eigenvalue weighted by molar-refractivity contribution is -0.137. The summed E-state index contributed by atoms with van der Waals surface area (Å²) in [6.45, 7) is 1.89.